The monoisotopic (exact) mass is 3390 g/mol. The molecule has 0 saturated carbocycles. The minimum atomic E-state index is -0.146. The predicted octanol–water partition coefficient (Wildman–Crippen LogP) is 57.2. The number of fused-ring (bicyclic) bond motifs is 2. The number of methoxy groups -OCH3 is 1. The molecule has 14 nitrogen and oxygen atoms in total. The zero-order valence-electron chi connectivity index (χ0n) is 74.8. The first-order valence-electron chi connectivity index (χ1n) is 37.3. The van der Waals surface area contributed by atoms with Gasteiger partial charge >= 0.3 is 0 Å². The van der Waals surface area contributed by atoms with E-state index in [4.69, 9.17) is 23.0 Å². The predicted molar refractivity (Wildman–Crippen MR) is 914 cm³/mol. The molecule has 47 atom stereocenters. The highest BCUT2D eigenvalue weighted by atomic mass is 33.6. The van der Waals surface area contributed by atoms with Crippen LogP contribution < -0.4 is 4.74 Å². The lowest BCUT2D eigenvalue weighted by atomic mass is 10.0. The van der Waals surface area contributed by atoms with Crippen LogP contribution in [0.25, 0.3) is 99.6 Å². The lowest BCUT2D eigenvalue weighted by Crippen LogP contribution is -1.96. The SMILES string of the molecule is PP(P)P(P)P(P(P)P)P(P(P(P(P)P)P(P)P)P(P(P)P)P(P)P)P(P(P(P)P)P(P)P)P(P(P)P)P(P)P.PPP(P(P)P)P(P(P)P)P(P(P(P(P)P)P(P)P)P(P(P)P)P(P)P)P(P(P(P)P)P(P)P)P(P(P)P)P(P)P.[C-]#[N+]c1ccc2nc(-c3c(O)c(-c4ccc(-c5cccnc5)cc4)nn3C)[nH]c2c1.[C-]#[N+]c1ccc2nc(-c3c(OC)c(-c4ccc(-c5cccnc5)cc4)nn3C)[nH]c2c1. The van der Waals surface area contributed by atoms with Gasteiger partial charge in [0.15, 0.2) is 34.5 Å². The summed E-state index contributed by atoms with van der Waals surface area (Å²) in [6.07, 6.45) is 7.16. The summed E-state index contributed by atoms with van der Waals surface area (Å²) in [5.74, 6) is 1.83. The Morgan fingerprint density at radius 1 is 0.317 bits per heavy atom. The summed E-state index contributed by atoms with van der Waals surface area (Å²) in [6.45, 7) is 10.9. The van der Waals surface area contributed by atoms with E-state index in [1.54, 1.807) is 66.2 Å². The maximum absolute atomic E-state index is 10.9. The molecule has 0 aliphatic rings. The van der Waals surface area contributed by atoms with Crippen LogP contribution in [-0.4, -0.2) is 61.7 Å². The van der Waals surface area contributed by atoms with Crippen molar-refractivity contribution in [2.24, 2.45) is 14.1 Å². The normalized spacial score (nSPS) is 13.7. The highest BCUT2D eigenvalue weighted by Gasteiger charge is 2.58. The molecule has 4 aromatic carbocycles. The minimum Gasteiger partial charge on any atom is -0.504 e. The van der Waals surface area contributed by atoms with Crippen LogP contribution in [0.4, 0.5) is 11.4 Å². The molecule has 142 heavy (non-hydrogen) atoms. The van der Waals surface area contributed by atoms with E-state index in [-0.39, 0.29) is 271 Å². The summed E-state index contributed by atoms with van der Waals surface area (Å²) in [5.41, 5.74) is 12.5. The number of nitrogens with zero attached hydrogens (tertiary/aromatic N) is 10. The van der Waals surface area contributed by atoms with Gasteiger partial charge in [0.25, 0.3) is 0 Å². The number of aryl methyl sites for hydroxylation is 2. The molecule has 10 rings (SSSR count). The summed E-state index contributed by atoms with van der Waals surface area (Å²) in [6, 6.07) is 34.4. The van der Waals surface area contributed by atoms with Crippen molar-refractivity contribution < 1.29 is 9.84 Å². The van der Waals surface area contributed by atoms with Crippen LogP contribution in [0.5, 0.6) is 11.5 Å². The van der Waals surface area contributed by atoms with Gasteiger partial charge in [-0.3, -0.25) is 19.3 Å². The summed E-state index contributed by atoms with van der Waals surface area (Å²) in [4.78, 5) is 31.0. The topological polar surface area (TPSA) is 157 Å². The number of hydrogen-bond acceptors (Lipinski definition) is 8. The van der Waals surface area contributed by atoms with Crippen molar-refractivity contribution in [3.05, 3.63) is 157 Å². The molecule has 0 bridgehead atoms. The fourth-order valence-corrected chi connectivity index (χ4v) is 1120. The molecule has 0 aliphatic heterocycles. The number of rotatable bonds is 44. The molecular formula is C47H119N12O2P81. The number of aromatic nitrogens is 10. The number of nitrogens with one attached hydrogen (secondary N) is 2. The van der Waals surface area contributed by atoms with E-state index in [1.165, 1.54) is 0 Å². The molecule has 0 aliphatic carbocycles. The van der Waals surface area contributed by atoms with Gasteiger partial charge in [-0.1, -0.05) is 80.8 Å². The smallest absolute Gasteiger partial charge is 0.189 e. The van der Waals surface area contributed by atoms with Crippen LogP contribution in [-0.2, 0) is 14.1 Å². The number of pyridine rings is 2. The third-order valence-corrected chi connectivity index (χ3v) is 568. The number of benzene rings is 4. The van der Waals surface area contributed by atoms with Gasteiger partial charge in [0.1, 0.15) is 22.8 Å². The van der Waals surface area contributed by atoms with E-state index >= 15 is 0 Å². The van der Waals surface area contributed by atoms with Crippen LogP contribution in [0.1, 0.15) is 0 Å². The molecule has 6 heterocycles. The highest BCUT2D eigenvalue weighted by molar-refractivity contribution is 9.51. The van der Waals surface area contributed by atoms with Crippen molar-refractivity contribution in [1.82, 2.24) is 49.5 Å². The molecule has 0 amide bonds. The van der Waals surface area contributed by atoms with Gasteiger partial charge in [0.2, 0.25) is 0 Å². The minimum absolute atomic E-state index is 0.00702. The second-order valence-corrected chi connectivity index (χ2v) is 355. The molecule has 0 spiro atoms. The average molecular weight is 3390 g/mol. The molecule has 0 fully saturated rings. The Morgan fingerprint density at radius 2 is 0.585 bits per heavy atom. The van der Waals surface area contributed by atoms with Crippen molar-refractivity contribution in [2.45, 2.75) is 0 Å². The summed E-state index contributed by atoms with van der Waals surface area (Å²) in [5, 5.41) is 20.1. The van der Waals surface area contributed by atoms with Gasteiger partial charge in [-0.15, -0.1) is 375 Å². The van der Waals surface area contributed by atoms with Gasteiger partial charge in [0, 0.05) is 50.0 Å². The van der Waals surface area contributed by atoms with E-state index in [0.717, 1.165) is 74.8 Å². The van der Waals surface area contributed by atoms with Crippen molar-refractivity contribution in [2.75, 3.05) is 7.11 Å². The summed E-state index contributed by atoms with van der Waals surface area (Å²) >= 11 is 0. The van der Waals surface area contributed by atoms with E-state index in [9.17, 15) is 5.11 Å². The molecule has 95 heteroatoms. The zero-order valence-corrected chi connectivity index (χ0v) is 158. The van der Waals surface area contributed by atoms with Gasteiger partial charge in [-0.25, -0.2) is 19.7 Å². The van der Waals surface area contributed by atoms with Crippen LogP contribution in [0.3, 0.4) is 0 Å². The Bertz CT molecular complexity index is 5340. The fourth-order valence-electron chi connectivity index (χ4n) is 11.8. The van der Waals surface area contributed by atoms with Crippen LogP contribution in [0, 0.1) is 13.1 Å². The molecule has 47 unspecified atom stereocenters. The Labute approximate surface area is 985 Å². The van der Waals surface area contributed by atoms with E-state index < -0.39 is 0 Å². The Kier molecular flexibility index (Phi) is 87.0. The van der Waals surface area contributed by atoms with Gasteiger partial charge in [-0.2, -0.15) is 10.2 Å². The van der Waals surface area contributed by atoms with Crippen molar-refractivity contribution in [3.63, 3.8) is 0 Å². The van der Waals surface area contributed by atoms with Crippen molar-refractivity contribution >= 4 is 682 Å². The second kappa shape index (κ2) is 79.9. The summed E-state index contributed by atoms with van der Waals surface area (Å²) in [7, 11) is 149. The van der Waals surface area contributed by atoms with Gasteiger partial charge in [0.05, 0.1) is 42.3 Å². The van der Waals surface area contributed by atoms with Crippen LogP contribution >= 0.6 is 648 Å². The maximum Gasteiger partial charge on any atom is 0.189 e. The van der Waals surface area contributed by atoms with Crippen molar-refractivity contribution in [3.8, 4) is 79.3 Å². The first-order chi connectivity index (χ1) is 66.6. The highest BCUT2D eigenvalue weighted by Crippen LogP contribution is 3.46. The van der Waals surface area contributed by atoms with E-state index in [1.807, 2.05) is 98.3 Å². The van der Waals surface area contributed by atoms with Crippen LogP contribution in [0.15, 0.2) is 134 Å². The second-order valence-electron chi connectivity index (χ2n) is 26.6. The van der Waals surface area contributed by atoms with Gasteiger partial charge < -0.3 is 19.8 Å². The lowest BCUT2D eigenvalue weighted by molar-refractivity contribution is 0.417. The molecule has 6 aromatic heterocycles. The number of H-pyrrole nitrogens is 2. The van der Waals surface area contributed by atoms with Gasteiger partial charge in [-0.05, 0) is 324 Å². The van der Waals surface area contributed by atoms with Crippen molar-refractivity contribution in [1.29, 1.82) is 0 Å². The largest absolute Gasteiger partial charge is 0.504 e. The van der Waals surface area contributed by atoms with Crippen LogP contribution in [0.2, 0.25) is 0 Å². The number of ether oxygens (including phenoxy) is 1. The quantitative estimate of drug-likeness (QED) is 0.0252. The number of aromatic amines is 2. The van der Waals surface area contributed by atoms with E-state index in [0.29, 0.717) is 40.2 Å². The number of imidazole rings is 2. The third kappa shape index (κ3) is 46.4. The third-order valence-electron chi connectivity index (χ3n) is 17.1. The number of hydrogen-bond donors (Lipinski definition) is 3. The summed E-state index contributed by atoms with van der Waals surface area (Å²) < 4.78 is 9.13. The van der Waals surface area contributed by atoms with E-state index in [2.05, 4.69) is 420 Å². The Balaban J connectivity index is 0.000000258. The average Bonchev–Trinajstić information content (AvgIpc) is 1.28. The molecule has 0 radical (unpaired) electrons. The molecule has 784 valence electrons. The molecular weight excluding hydrogens is 3270 g/mol. The first-order valence-corrected chi connectivity index (χ1v) is 184. The Hall–Kier alpha value is 25.9. The standard InChI is InChI=1S/C24H18N6O.C23H16N6O.H43P41.H42P40/c1-25-18-10-11-19-20(13-18)28-24(27-19)22-23(31-3)21(29-30(22)2)16-8-6-15(7-9-16)17-5-4-12-26-14-17;1-24-17-9-10-18-19(12-17)27-23(26-18)21-22(30)20(28-29(21)2)15-7-5-14(6-8-15)16-4-3-11-25-13-16;1-22-33(23(2)3)38(32(20)21)41(39(34(24(4)5)25(6)7)35(26(8)9)27(10)11)40(36(28(12)13)29(14)15)37(30(16)17)31(18)19;1-22(2)32(21)37(31(19)20)40(38(33(23(3)4)24(5)6)34(25(7)8)26(9)10)39(35(27(11)12)28(13)14)36(29(15)16)30(17)18/h4-14H,2-3H3,(H,27,28);3-13,30H,2H3,(H,26,27);22H,1-21H2;1-21H2. The molecule has 10 aromatic rings. The zero-order chi connectivity index (χ0) is 107. The Morgan fingerprint density at radius 3 is 0.845 bits per heavy atom. The molecule has 0 saturated heterocycles. The maximum atomic E-state index is 10.9. The fraction of sp³-hybridized carbons (Fsp3) is 0.0638. The first kappa shape index (κ1) is 155. The number of aromatic hydroxyl groups is 1. The lowest BCUT2D eigenvalue weighted by Gasteiger charge is -2.56. The molecule has 3 N–H and O–H groups in total.